The predicted octanol–water partition coefficient (Wildman–Crippen LogP) is 2.46. The number of nitrogens with one attached hydrogen (secondary N) is 1. The van der Waals surface area contributed by atoms with Crippen LogP contribution in [0.2, 0.25) is 0 Å². The minimum absolute atomic E-state index is 0.287. The van der Waals surface area contributed by atoms with E-state index in [9.17, 15) is 5.11 Å². The second-order valence-electron chi connectivity index (χ2n) is 6.16. The molecule has 0 aliphatic carbocycles. The molecule has 0 saturated heterocycles. The van der Waals surface area contributed by atoms with Crippen LogP contribution in [0.5, 0.6) is 11.5 Å². The number of ether oxygens (including phenoxy) is 2. The van der Waals surface area contributed by atoms with Crippen molar-refractivity contribution in [2.45, 2.75) is 33.3 Å². The van der Waals surface area contributed by atoms with E-state index < -0.39 is 6.10 Å². The minimum atomic E-state index is -0.503. The first-order chi connectivity index (χ1) is 9.40. The Labute approximate surface area is 122 Å². The second kappa shape index (κ2) is 8.12. The number of aliphatic hydroxyl groups excluding tert-OH is 1. The molecule has 1 atom stereocenters. The molecule has 0 fully saturated rings. The van der Waals surface area contributed by atoms with Crippen LogP contribution in [-0.4, -0.2) is 38.0 Å². The van der Waals surface area contributed by atoms with Crippen molar-refractivity contribution in [2.75, 3.05) is 26.8 Å². The largest absolute Gasteiger partial charge is 0.497 e. The van der Waals surface area contributed by atoms with Crippen molar-refractivity contribution < 1.29 is 14.6 Å². The summed E-state index contributed by atoms with van der Waals surface area (Å²) in [6.45, 7) is 8.36. The number of hydrogen-bond acceptors (Lipinski definition) is 4. The van der Waals surface area contributed by atoms with Crippen LogP contribution >= 0.6 is 0 Å². The quantitative estimate of drug-likeness (QED) is 0.719. The Morgan fingerprint density at radius 2 is 1.75 bits per heavy atom. The first-order valence-corrected chi connectivity index (χ1v) is 7.06. The van der Waals surface area contributed by atoms with Gasteiger partial charge in [0, 0.05) is 6.54 Å². The number of hydrogen-bond donors (Lipinski definition) is 2. The lowest BCUT2D eigenvalue weighted by Crippen LogP contribution is -2.33. The van der Waals surface area contributed by atoms with Crippen LogP contribution in [0, 0.1) is 5.41 Å². The van der Waals surface area contributed by atoms with Crippen LogP contribution < -0.4 is 14.8 Å². The lowest BCUT2D eigenvalue weighted by atomic mass is 9.92. The SMILES string of the molecule is COc1ccc(OCC(O)CNCCC(C)(C)C)cc1. The maximum absolute atomic E-state index is 9.83. The van der Waals surface area contributed by atoms with Crippen LogP contribution in [0.25, 0.3) is 0 Å². The Kier molecular flexibility index (Phi) is 6.82. The molecule has 1 aromatic carbocycles. The van der Waals surface area contributed by atoms with E-state index in [1.165, 1.54) is 0 Å². The van der Waals surface area contributed by atoms with Crippen LogP contribution in [0.3, 0.4) is 0 Å². The van der Waals surface area contributed by atoms with Gasteiger partial charge in [0.1, 0.15) is 24.2 Å². The van der Waals surface area contributed by atoms with Crippen LogP contribution in [-0.2, 0) is 0 Å². The van der Waals surface area contributed by atoms with Gasteiger partial charge in [0.15, 0.2) is 0 Å². The molecule has 4 nitrogen and oxygen atoms in total. The van der Waals surface area contributed by atoms with E-state index in [0.29, 0.717) is 12.0 Å². The van der Waals surface area contributed by atoms with Crippen LogP contribution in [0.15, 0.2) is 24.3 Å². The fourth-order valence-electron chi connectivity index (χ4n) is 1.66. The van der Waals surface area contributed by atoms with Crippen molar-refractivity contribution in [2.24, 2.45) is 5.41 Å². The van der Waals surface area contributed by atoms with Gasteiger partial charge in [-0.1, -0.05) is 20.8 Å². The van der Waals surface area contributed by atoms with E-state index >= 15 is 0 Å². The topological polar surface area (TPSA) is 50.7 Å². The van der Waals surface area contributed by atoms with E-state index in [1.54, 1.807) is 7.11 Å². The molecule has 0 amide bonds. The van der Waals surface area contributed by atoms with Crippen LogP contribution in [0.1, 0.15) is 27.2 Å². The Hall–Kier alpha value is -1.26. The first kappa shape index (κ1) is 16.8. The molecule has 0 spiro atoms. The van der Waals surface area contributed by atoms with Gasteiger partial charge in [0.25, 0.3) is 0 Å². The number of benzene rings is 1. The summed E-state index contributed by atoms with van der Waals surface area (Å²) in [5.74, 6) is 1.53. The van der Waals surface area contributed by atoms with Crippen molar-refractivity contribution in [3.8, 4) is 11.5 Å². The maximum atomic E-state index is 9.83. The summed E-state index contributed by atoms with van der Waals surface area (Å²) in [7, 11) is 1.63. The first-order valence-electron chi connectivity index (χ1n) is 7.06. The van der Waals surface area contributed by atoms with E-state index in [1.807, 2.05) is 24.3 Å². The number of aliphatic hydroxyl groups is 1. The summed E-state index contributed by atoms with van der Waals surface area (Å²) in [5.41, 5.74) is 0.317. The van der Waals surface area contributed by atoms with Gasteiger partial charge in [-0.2, -0.15) is 0 Å². The average Bonchev–Trinajstić information content (AvgIpc) is 2.41. The third kappa shape index (κ3) is 7.36. The van der Waals surface area contributed by atoms with Crippen molar-refractivity contribution in [3.05, 3.63) is 24.3 Å². The summed E-state index contributed by atoms with van der Waals surface area (Å²) in [5, 5.41) is 13.1. The van der Waals surface area contributed by atoms with Crippen molar-refractivity contribution in [1.29, 1.82) is 0 Å². The van der Waals surface area contributed by atoms with Gasteiger partial charge < -0.3 is 19.9 Å². The maximum Gasteiger partial charge on any atom is 0.119 e. The summed E-state index contributed by atoms with van der Waals surface area (Å²) in [6.07, 6.45) is 0.580. The van der Waals surface area contributed by atoms with Gasteiger partial charge >= 0.3 is 0 Å². The molecule has 4 heteroatoms. The molecule has 0 heterocycles. The van der Waals surface area contributed by atoms with Gasteiger partial charge in [0.05, 0.1) is 7.11 Å². The van der Waals surface area contributed by atoms with Gasteiger partial charge in [-0.15, -0.1) is 0 Å². The molecule has 0 radical (unpaired) electrons. The Balaban J connectivity index is 2.17. The molecule has 1 rings (SSSR count). The zero-order valence-corrected chi connectivity index (χ0v) is 13.0. The molecular weight excluding hydrogens is 254 g/mol. The van der Waals surface area contributed by atoms with Gasteiger partial charge in [0.2, 0.25) is 0 Å². The van der Waals surface area contributed by atoms with Crippen molar-refractivity contribution >= 4 is 0 Å². The lowest BCUT2D eigenvalue weighted by Gasteiger charge is -2.19. The standard InChI is InChI=1S/C16H27NO3/c1-16(2,3)9-10-17-11-13(18)12-20-15-7-5-14(19-4)6-8-15/h5-8,13,17-18H,9-12H2,1-4H3. The zero-order chi connectivity index (χ0) is 15.0. The van der Waals surface area contributed by atoms with Crippen molar-refractivity contribution in [1.82, 2.24) is 5.32 Å². The number of methoxy groups -OCH3 is 1. The highest BCUT2D eigenvalue weighted by Crippen LogP contribution is 2.17. The Bertz CT molecular complexity index is 370. The molecule has 0 saturated carbocycles. The lowest BCUT2D eigenvalue weighted by molar-refractivity contribution is 0.106. The fraction of sp³-hybridized carbons (Fsp3) is 0.625. The molecule has 0 bridgehead atoms. The molecule has 1 aromatic rings. The number of rotatable bonds is 8. The third-order valence-electron chi connectivity index (χ3n) is 2.93. The van der Waals surface area contributed by atoms with E-state index in [2.05, 4.69) is 26.1 Å². The molecule has 2 N–H and O–H groups in total. The van der Waals surface area contributed by atoms with Crippen molar-refractivity contribution in [3.63, 3.8) is 0 Å². The normalized spacial score (nSPS) is 13.1. The van der Waals surface area contributed by atoms with Gasteiger partial charge in [-0.25, -0.2) is 0 Å². The fourth-order valence-corrected chi connectivity index (χ4v) is 1.66. The summed E-state index contributed by atoms with van der Waals surface area (Å²) in [6, 6.07) is 7.34. The monoisotopic (exact) mass is 281 g/mol. The minimum Gasteiger partial charge on any atom is -0.497 e. The summed E-state index contributed by atoms with van der Waals surface area (Å²) in [4.78, 5) is 0. The molecule has 0 aliphatic heterocycles. The molecule has 114 valence electrons. The average molecular weight is 281 g/mol. The molecule has 20 heavy (non-hydrogen) atoms. The molecule has 0 aromatic heterocycles. The summed E-state index contributed by atoms with van der Waals surface area (Å²) < 4.78 is 10.6. The Morgan fingerprint density at radius 1 is 1.15 bits per heavy atom. The molecule has 0 aliphatic rings. The second-order valence-corrected chi connectivity index (χ2v) is 6.16. The van der Waals surface area contributed by atoms with Gasteiger partial charge in [-0.3, -0.25) is 0 Å². The highest BCUT2D eigenvalue weighted by Gasteiger charge is 2.10. The molecule has 1 unspecified atom stereocenters. The highest BCUT2D eigenvalue weighted by molar-refractivity contribution is 5.31. The van der Waals surface area contributed by atoms with E-state index in [0.717, 1.165) is 24.5 Å². The van der Waals surface area contributed by atoms with E-state index in [-0.39, 0.29) is 6.61 Å². The van der Waals surface area contributed by atoms with Crippen LogP contribution in [0.4, 0.5) is 0 Å². The Morgan fingerprint density at radius 3 is 2.30 bits per heavy atom. The molecular formula is C16H27NO3. The third-order valence-corrected chi connectivity index (χ3v) is 2.93. The van der Waals surface area contributed by atoms with E-state index in [4.69, 9.17) is 9.47 Å². The highest BCUT2D eigenvalue weighted by atomic mass is 16.5. The van der Waals surface area contributed by atoms with Gasteiger partial charge in [-0.05, 0) is 42.6 Å². The zero-order valence-electron chi connectivity index (χ0n) is 13.0. The summed E-state index contributed by atoms with van der Waals surface area (Å²) >= 11 is 0. The smallest absolute Gasteiger partial charge is 0.119 e. The predicted molar refractivity (Wildman–Crippen MR) is 81.4 cm³/mol.